The summed E-state index contributed by atoms with van der Waals surface area (Å²) in [6.07, 6.45) is 0. The minimum absolute atomic E-state index is 0.0536. The topological polar surface area (TPSA) is 29.1 Å². The zero-order valence-corrected chi connectivity index (χ0v) is 9.44. The highest BCUT2D eigenvalue weighted by Crippen LogP contribution is 2.09. The molecule has 4 heteroatoms. The number of hydrogen-bond donors (Lipinski definition) is 1. The van der Waals surface area contributed by atoms with Crippen molar-refractivity contribution < 1.29 is 9.18 Å². The third kappa shape index (κ3) is 3.51. The summed E-state index contributed by atoms with van der Waals surface area (Å²) >= 11 is 5.67. The van der Waals surface area contributed by atoms with Crippen molar-refractivity contribution >= 4 is 17.5 Å². The fraction of sp³-hybridized carbons (Fsp3) is 0.364. The molecule has 0 saturated carbocycles. The van der Waals surface area contributed by atoms with Crippen molar-refractivity contribution in [2.24, 2.45) is 0 Å². The number of alkyl halides is 1. The second kappa shape index (κ2) is 5.12. The van der Waals surface area contributed by atoms with Gasteiger partial charge in [-0.15, -0.1) is 11.6 Å². The Labute approximate surface area is 93.4 Å². The molecule has 0 aliphatic heterocycles. The Kier molecular flexibility index (Phi) is 4.09. The molecule has 0 spiro atoms. The number of carbonyl (C=O) groups excluding carboxylic acids is 1. The van der Waals surface area contributed by atoms with Gasteiger partial charge in [-0.05, 0) is 31.5 Å². The molecule has 0 radical (unpaired) electrons. The molecule has 0 heterocycles. The Balaban J connectivity index is 2.74. The van der Waals surface area contributed by atoms with Crippen LogP contribution in [0.15, 0.2) is 18.2 Å². The van der Waals surface area contributed by atoms with Crippen molar-refractivity contribution in [3.05, 3.63) is 35.1 Å². The van der Waals surface area contributed by atoms with Gasteiger partial charge in [0.15, 0.2) is 0 Å². The van der Waals surface area contributed by atoms with Crippen LogP contribution in [-0.4, -0.2) is 17.8 Å². The quantitative estimate of drug-likeness (QED) is 0.793. The van der Waals surface area contributed by atoms with Gasteiger partial charge in [-0.3, -0.25) is 4.79 Å². The molecule has 82 valence electrons. The van der Waals surface area contributed by atoms with Crippen molar-refractivity contribution in [3.63, 3.8) is 0 Å². The molecule has 1 atom stereocenters. The predicted molar refractivity (Wildman–Crippen MR) is 58.8 cm³/mol. The Morgan fingerprint density at radius 3 is 2.80 bits per heavy atom. The lowest BCUT2D eigenvalue weighted by molar-refractivity contribution is 0.0950. The number of hydrogen-bond acceptors (Lipinski definition) is 1. The molecule has 1 unspecified atom stereocenters. The maximum Gasteiger partial charge on any atom is 0.254 e. The van der Waals surface area contributed by atoms with Crippen LogP contribution in [0.4, 0.5) is 4.39 Å². The molecule has 0 aliphatic carbocycles. The van der Waals surface area contributed by atoms with E-state index in [0.717, 1.165) is 5.56 Å². The van der Waals surface area contributed by atoms with E-state index in [4.69, 9.17) is 11.6 Å². The zero-order chi connectivity index (χ0) is 11.4. The number of benzene rings is 1. The van der Waals surface area contributed by atoms with Crippen LogP contribution in [0.3, 0.4) is 0 Å². The molecule has 0 aromatic heterocycles. The lowest BCUT2D eigenvalue weighted by atomic mass is 10.1. The highest BCUT2D eigenvalue weighted by atomic mass is 35.5. The van der Waals surface area contributed by atoms with Gasteiger partial charge in [0, 0.05) is 11.9 Å². The first kappa shape index (κ1) is 12.0. The Hall–Kier alpha value is -1.09. The summed E-state index contributed by atoms with van der Waals surface area (Å²) in [7, 11) is 0. The maximum absolute atomic E-state index is 13.3. The van der Waals surface area contributed by atoms with Crippen LogP contribution in [0.25, 0.3) is 0 Å². The van der Waals surface area contributed by atoms with Gasteiger partial charge in [-0.1, -0.05) is 6.07 Å². The normalized spacial score (nSPS) is 12.3. The number of carbonyl (C=O) groups is 1. The SMILES string of the molecule is Cc1ccc(C(=O)NCC(C)Cl)c(F)c1. The minimum Gasteiger partial charge on any atom is -0.350 e. The number of halogens is 2. The van der Waals surface area contributed by atoms with E-state index in [0.29, 0.717) is 6.54 Å². The monoisotopic (exact) mass is 229 g/mol. The number of aryl methyl sites for hydroxylation is 1. The smallest absolute Gasteiger partial charge is 0.254 e. The first-order valence-corrected chi connectivity index (χ1v) is 5.12. The van der Waals surface area contributed by atoms with Crippen molar-refractivity contribution in [3.8, 4) is 0 Å². The first-order chi connectivity index (χ1) is 7.00. The third-order valence-electron chi connectivity index (χ3n) is 1.91. The summed E-state index contributed by atoms with van der Waals surface area (Å²) in [4.78, 5) is 11.5. The molecular formula is C11H13ClFNO. The van der Waals surface area contributed by atoms with Crippen LogP contribution in [-0.2, 0) is 0 Å². The van der Waals surface area contributed by atoms with Crippen LogP contribution >= 0.6 is 11.6 Å². The van der Waals surface area contributed by atoms with Crippen molar-refractivity contribution in [2.75, 3.05) is 6.54 Å². The average molecular weight is 230 g/mol. The summed E-state index contributed by atoms with van der Waals surface area (Å²) in [5.41, 5.74) is 0.840. The van der Waals surface area contributed by atoms with Crippen molar-refractivity contribution in [2.45, 2.75) is 19.2 Å². The summed E-state index contributed by atoms with van der Waals surface area (Å²) in [5, 5.41) is 2.38. The summed E-state index contributed by atoms with van der Waals surface area (Å²) in [6, 6.07) is 4.50. The zero-order valence-electron chi connectivity index (χ0n) is 8.68. The van der Waals surface area contributed by atoms with Gasteiger partial charge in [-0.25, -0.2) is 4.39 Å². The van der Waals surface area contributed by atoms with E-state index in [1.165, 1.54) is 12.1 Å². The van der Waals surface area contributed by atoms with E-state index in [2.05, 4.69) is 5.32 Å². The van der Waals surface area contributed by atoms with Gasteiger partial charge in [0.2, 0.25) is 0 Å². The van der Waals surface area contributed by atoms with Crippen LogP contribution in [0, 0.1) is 12.7 Å². The van der Waals surface area contributed by atoms with Gasteiger partial charge in [0.05, 0.1) is 5.56 Å². The largest absolute Gasteiger partial charge is 0.350 e. The highest BCUT2D eigenvalue weighted by Gasteiger charge is 2.11. The Morgan fingerprint density at radius 2 is 2.27 bits per heavy atom. The average Bonchev–Trinajstić information content (AvgIpc) is 2.14. The van der Waals surface area contributed by atoms with Gasteiger partial charge < -0.3 is 5.32 Å². The molecule has 1 amide bonds. The second-order valence-corrected chi connectivity index (χ2v) is 4.22. The lowest BCUT2D eigenvalue weighted by Gasteiger charge is -2.07. The molecule has 1 aromatic carbocycles. The Morgan fingerprint density at radius 1 is 1.60 bits per heavy atom. The van der Waals surface area contributed by atoms with Crippen molar-refractivity contribution in [1.29, 1.82) is 0 Å². The fourth-order valence-electron chi connectivity index (χ4n) is 1.13. The van der Waals surface area contributed by atoms with Gasteiger partial charge in [0.1, 0.15) is 5.82 Å². The maximum atomic E-state index is 13.3. The van der Waals surface area contributed by atoms with Crippen LogP contribution in [0.2, 0.25) is 0 Å². The number of rotatable bonds is 3. The van der Waals surface area contributed by atoms with Crippen molar-refractivity contribution in [1.82, 2.24) is 5.32 Å². The molecule has 2 nitrogen and oxygen atoms in total. The molecule has 1 rings (SSSR count). The minimum atomic E-state index is -0.505. The van der Waals surface area contributed by atoms with Crippen LogP contribution < -0.4 is 5.32 Å². The number of amides is 1. The summed E-state index contributed by atoms with van der Waals surface area (Å²) < 4.78 is 13.3. The van der Waals surface area contributed by atoms with E-state index in [-0.39, 0.29) is 10.9 Å². The van der Waals surface area contributed by atoms with Gasteiger partial charge >= 0.3 is 0 Å². The number of nitrogens with one attached hydrogen (secondary N) is 1. The standard InChI is InChI=1S/C11H13ClFNO/c1-7-3-4-9(10(13)5-7)11(15)14-6-8(2)12/h3-5,8H,6H2,1-2H3,(H,14,15). The molecule has 1 N–H and O–H groups in total. The summed E-state index contributed by atoms with van der Waals surface area (Å²) in [6.45, 7) is 3.85. The van der Waals surface area contributed by atoms with E-state index >= 15 is 0 Å². The fourth-order valence-corrected chi connectivity index (χ4v) is 1.21. The van der Waals surface area contributed by atoms with E-state index in [1.54, 1.807) is 19.9 Å². The van der Waals surface area contributed by atoms with Crippen LogP contribution in [0.1, 0.15) is 22.8 Å². The van der Waals surface area contributed by atoms with Gasteiger partial charge in [0.25, 0.3) is 5.91 Å². The first-order valence-electron chi connectivity index (χ1n) is 4.69. The molecule has 15 heavy (non-hydrogen) atoms. The lowest BCUT2D eigenvalue weighted by Crippen LogP contribution is -2.29. The Bertz CT molecular complexity index is 366. The van der Waals surface area contributed by atoms with Gasteiger partial charge in [-0.2, -0.15) is 0 Å². The van der Waals surface area contributed by atoms with E-state index in [1.807, 2.05) is 0 Å². The molecule has 0 saturated heterocycles. The second-order valence-electron chi connectivity index (χ2n) is 3.47. The molecule has 1 aromatic rings. The molecule has 0 aliphatic rings. The van der Waals surface area contributed by atoms with E-state index < -0.39 is 11.7 Å². The highest BCUT2D eigenvalue weighted by molar-refractivity contribution is 6.20. The third-order valence-corrected chi connectivity index (χ3v) is 2.07. The molecular weight excluding hydrogens is 217 g/mol. The molecule has 0 fully saturated rings. The predicted octanol–water partition coefficient (Wildman–Crippen LogP) is 2.49. The van der Waals surface area contributed by atoms with E-state index in [9.17, 15) is 9.18 Å². The van der Waals surface area contributed by atoms with Crippen LogP contribution in [0.5, 0.6) is 0 Å². The molecule has 0 bridgehead atoms. The summed E-state index contributed by atoms with van der Waals surface area (Å²) in [5.74, 6) is -0.935.